The number of benzene rings is 2. The molecule has 1 amide bonds. The third-order valence-corrected chi connectivity index (χ3v) is 4.35. The molecule has 0 spiro atoms. The van der Waals surface area contributed by atoms with Crippen molar-refractivity contribution in [2.75, 3.05) is 19.7 Å². The van der Waals surface area contributed by atoms with E-state index in [1.807, 2.05) is 35.2 Å². The number of hydrogen-bond donors (Lipinski definition) is 1. The summed E-state index contributed by atoms with van der Waals surface area (Å²) < 4.78 is 5.61. The van der Waals surface area contributed by atoms with Crippen LogP contribution in [0, 0.1) is 0 Å². The van der Waals surface area contributed by atoms with Crippen LogP contribution >= 0.6 is 12.4 Å². The van der Waals surface area contributed by atoms with Gasteiger partial charge in [0.15, 0.2) is 0 Å². The number of likely N-dealkylation sites (tertiary alicyclic amines) is 1. The van der Waals surface area contributed by atoms with Crippen molar-refractivity contribution in [1.82, 2.24) is 4.90 Å². The number of ether oxygens (including phenoxy) is 1. The summed E-state index contributed by atoms with van der Waals surface area (Å²) in [5.74, 6) is 0.707. The minimum absolute atomic E-state index is 0. The van der Waals surface area contributed by atoms with E-state index in [1.165, 1.54) is 5.56 Å². The Morgan fingerprint density at radius 1 is 1.16 bits per heavy atom. The van der Waals surface area contributed by atoms with Gasteiger partial charge in [0, 0.05) is 25.0 Å². The van der Waals surface area contributed by atoms with Gasteiger partial charge in [-0.3, -0.25) is 4.79 Å². The molecule has 0 aromatic heterocycles. The number of amides is 1. The number of carbonyl (C=O) groups excluding carboxylic acids is 1. The van der Waals surface area contributed by atoms with Crippen LogP contribution in [0.2, 0.25) is 0 Å². The van der Waals surface area contributed by atoms with Gasteiger partial charge in [-0.2, -0.15) is 0 Å². The summed E-state index contributed by atoms with van der Waals surface area (Å²) in [7, 11) is 0. The summed E-state index contributed by atoms with van der Waals surface area (Å²) in [4.78, 5) is 14.7. The van der Waals surface area contributed by atoms with Crippen molar-refractivity contribution in [2.24, 2.45) is 5.73 Å². The number of carbonyl (C=O) groups is 1. The second-order valence-electron chi connectivity index (χ2n) is 5.99. The lowest BCUT2D eigenvalue weighted by atomic mass is 9.95. The maximum absolute atomic E-state index is 12.9. The van der Waals surface area contributed by atoms with Gasteiger partial charge in [0.2, 0.25) is 0 Å². The number of para-hydroxylation sites is 1. The maximum atomic E-state index is 12.9. The number of hydrogen-bond acceptors (Lipinski definition) is 3. The lowest BCUT2D eigenvalue weighted by Gasteiger charge is -2.18. The number of rotatable bonds is 5. The standard InChI is InChI=1S/C20H22N2O2.ClH/c1-2-12-24-19-11-7-6-10-16(19)20(23)22-13-17(18(21)14-22)15-8-4-3-5-9-15;/h2-11,17-18H,1,12-14,21H2;1H/t17-,18+;/m0./s1. The van der Waals surface area contributed by atoms with Crippen molar-refractivity contribution in [3.05, 3.63) is 78.4 Å². The predicted molar refractivity (Wildman–Crippen MR) is 102 cm³/mol. The van der Waals surface area contributed by atoms with Gasteiger partial charge in [0.1, 0.15) is 12.4 Å². The molecule has 0 aliphatic carbocycles. The fourth-order valence-corrected chi connectivity index (χ4v) is 3.14. The second kappa shape index (κ2) is 8.70. The molecule has 1 aliphatic heterocycles. The molecule has 4 nitrogen and oxygen atoms in total. The van der Waals surface area contributed by atoms with Crippen LogP contribution < -0.4 is 10.5 Å². The molecule has 1 aliphatic rings. The van der Waals surface area contributed by atoms with Gasteiger partial charge in [-0.05, 0) is 17.7 Å². The van der Waals surface area contributed by atoms with Gasteiger partial charge in [0.05, 0.1) is 5.56 Å². The fourth-order valence-electron chi connectivity index (χ4n) is 3.14. The van der Waals surface area contributed by atoms with Crippen molar-refractivity contribution in [2.45, 2.75) is 12.0 Å². The zero-order valence-corrected chi connectivity index (χ0v) is 14.8. The molecule has 132 valence electrons. The minimum atomic E-state index is -0.0578. The highest BCUT2D eigenvalue weighted by molar-refractivity contribution is 5.97. The van der Waals surface area contributed by atoms with Crippen LogP contribution in [-0.2, 0) is 0 Å². The highest BCUT2D eigenvalue weighted by Gasteiger charge is 2.34. The number of halogens is 1. The number of nitrogens with two attached hydrogens (primary N) is 1. The Bertz CT molecular complexity index is 721. The predicted octanol–water partition coefficient (Wildman–Crippen LogP) is 3.24. The summed E-state index contributed by atoms with van der Waals surface area (Å²) in [6, 6.07) is 17.4. The second-order valence-corrected chi connectivity index (χ2v) is 5.99. The van der Waals surface area contributed by atoms with Crippen molar-refractivity contribution < 1.29 is 9.53 Å². The molecule has 1 fully saturated rings. The van der Waals surface area contributed by atoms with Gasteiger partial charge in [0.25, 0.3) is 5.91 Å². The van der Waals surface area contributed by atoms with E-state index in [1.54, 1.807) is 18.2 Å². The smallest absolute Gasteiger partial charge is 0.257 e. The Morgan fingerprint density at radius 2 is 1.84 bits per heavy atom. The first-order chi connectivity index (χ1) is 11.7. The molecule has 25 heavy (non-hydrogen) atoms. The Balaban J connectivity index is 0.00000225. The third kappa shape index (κ3) is 4.21. The molecule has 2 N–H and O–H groups in total. The highest BCUT2D eigenvalue weighted by atomic mass is 35.5. The summed E-state index contributed by atoms with van der Waals surface area (Å²) in [5.41, 5.74) is 8.04. The zero-order chi connectivity index (χ0) is 16.9. The molecule has 0 bridgehead atoms. The van der Waals surface area contributed by atoms with Crippen LogP contribution in [0.25, 0.3) is 0 Å². The van der Waals surface area contributed by atoms with Gasteiger partial charge >= 0.3 is 0 Å². The first-order valence-electron chi connectivity index (χ1n) is 8.13. The molecule has 0 saturated carbocycles. The van der Waals surface area contributed by atoms with Crippen LogP contribution in [0.4, 0.5) is 0 Å². The Morgan fingerprint density at radius 3 is 2.56 bits per heavy atom. The summed E-state index contributed by atoms with van der Waals surface area (Å²) in [6.45, 7) is 5.19. The average Bonchev–Trinajstić information content (AvgIpc) is 3.02. The first-order valence-corrected chi connectivity index (χ1v) is 8.13. The van der Waals surface area contributed by atoms with Gasteiger partial charge in [-0.1, -0.05) is 55.1 Å². The molecular weight excluding hydrogens is 336 g/mol. The molecule has 1 heterocycles. The maximum Gasteiger partial charge on any atom is 0.257 e. The van der Waals surface area contributed by atoms with Crippen molar-refractivity contribution in [3.8, 4) is 5.75 Å². The van der Waals surface area contributed by atoms with E-state index in [9.17, 15) is 4.79 Å². The molecule has 2 atom stereocenters. The third-order valence-electron chi connectivity index (χ3n) is 4.35. The Kier molecular flexibility index (Phi) is 6.62. The van der Waals surface area contributed by atoms with E-state index in [4.69, 9.17) is 10.5 Å². The molecule has 0 unspecified atom stereocenters. The Hall–Kier alpha value is -2.30. The molecule has 2 aromatic carbocycles. The highest BCUT2D eigenvalue weighted by Crippen LogP contribution is 2.29. The molecule has 2 aromatic rings. The van der Waals surface area contributed by atoms with E-state index in [0.29, 0.717) is 31.0 Å². The minimum Gasteiger partial charge on any atom is -0.489 e. The monoisotopic (exact) mass is 358 g/mol. The average molecular weight is 359 g/mol. The van der Waals surface area contributed by atoms with Crippen LogP contribution in [0.5, 0.6) is 5.75 Å². The fraction of sp³-hybridized carbons (Fsp3) is 0.250. The van der Waals surface area contributed by atoms with Crippen LogP contribution in [-0.4, -0.2) is 36.5 Å². The first kappa shape index (κ1) is 19.0. The van der Waals surface area contributed by atoms with Crippen molar-refractivity contribution in [3.63, 3.8) is 0 Å². The van der Waals surface area contributed by atoms with Crippen molar-refractivity contribution >= 4 is 18.3 Å². The van der Waals surface area contributed by atoms with Crippen LogP contribution in [0.1, 0.15) is 21.8 Å². The lowest BCUT2D eigenvalue weighted by Crippen LogP contribution is -2.32. The summed E-state index contributed by atoms with van der Waals surface area (Å²) in [6.07, 6.45) is 1.67. The SMILES string of the molecule is C=CCOc1ccccc1C(=O)N1C[C@@H](N)[C@H](c2ccccc2)C1.Cl. The van der Waals surface area contributed by atoms with Crippen molar-refractivity contribution in [1.29, 1.82) is 0 Å². The summed E-state index contributed by atoms with van der Waals surface area (Å²) >= 11 is 0. The number of nitrogens with zero attached hydrogens (tertiary/aromatic N) is 1. The topological polar surface area (TPSA) is 55.6 Å². The van der Waals surface area contributed by atoms with Gasteiger partial charge in [-0.25, -0.2) is 0 Å². The van der Waals surface area contributed by atoms with Crippen LogP contribution in [0.15, 0.2) is 67.3 Å². The van der Waals surface area contributed by atoms with Gasteiger partial charge < -0.3 is 15.4 Å². The quantitative estimate of drug-likeness (QED) is 0.835. The molecule has 0 radical (unpaired) electrons. The normalized spacial score (nSPS) is 19.2. The largest absolute Gasteiger partial charge is 0.489 e. The molecule has 1 saturated heterocycles. The lowest BCUT2D eigenvalue weighted by molar-refractivity contribution is 0.0785. The molecule has 5 heteroatoms. The van der Waals surface area contributed by atoms with E-state index >= 15 is 0 Å². The zero-order valence-electron chi connectivity index (χ0n) is 14.0. The molecular formula is C20H23ClN2O2. The van der Waals surface area contributed by atoms with E-state index in [0.717, 1.165) is 0 Å². The van der Waals surface area contributed by atoms with Gasteiger partial charge in [-0.15, -0.1) is 12.4 Å². The Labute approximate surface area is 154 Å². The van der Waals surface area contributed by atoms with E-state index < -0.39 is 0 Å². The molecule has 3 rings (SSSR count). The van der Waals surface area contributed by atoms with E-state index in [-0.39, 0.29) is 30.3 Å². The van der Waals surface area contributed by atoms with E-state index in [2.05, 4.69) is 18.7 Å². The van der Waals surface area contributed by atoms with Crippen LogP contribution in [0.3, 0.4) is 0 Å². The summed E-state index contributed by atoms with van der Waals surface area (Å²) in [5, 5.41) is 0.